The minimum Gasteiger partial charge on any atom is -0.481 e. The van der Waals surface area contributed by atoms with Crippen LogP contribution in [0.5, 0.6) is 0 Å². The van der Waals surface area contributed by atoms with E-state index in [0.29, 0.717) is 11.8 Å². The first kappa shape index (κ1) is 11.9. The standard InChI is InChI=1S/C8H14O2.C6H10/c1-5-3-6(2)7(4-5)8(9)10;1-2-6-4-3-5(1)6/h5-7H,3-4H2,1-2H3,(H,9,10);5-6H,1-4H2. The van der Waals surface area contributed by atoms with Crippen LogP contribution in [0.1, 0.15) is 52.4 Å². The third kappa shape index (κ3) is 2.41. The third-order valence-electron chi connectivity index (χ3n) is 4.92. The second-order valence-electron chi connectivity index (χ2n) is 6.17. The SMILES string of the molecule is C1CC2CCC12.CC1CC(C)C(C(=O)O)C1. The van der Waals surface area contributed by atoms with Gasteiger partial charge in [0.15, 0.2) is 0 Å². The van der Waals surface area contributed by atoms with Crippen molar-refractivity contribution in [3.63, 3.8) is 0 Å². The first-order valence-corrected chi connectivity index (χ1v) is 6.80. The summed E-state index contributed by atoms with van der Waals surface area (Å²) in [7, 11) is 0. The van der Waals surface area contributed by atoms with Crippen molar-refractivity contribution in [2.45, 2.75) is 52.4 Å². The van der Waals surface area contributed by atoms with Gasteiger partial charge in [-0.2, -0.15) is 0 Å². The molecule has 2 nitrogen and oxygen atoms in total. The molecule has 16 heavy (non-hydrogen) atoms. The summed E-state index contributed by atoms with van der Waals surface area (Å²) in [5, 5.41) is 8.70. The Bertz CT molecular complexity index is 243. The number of carboxylic acids is 1. The van der Waals surface area contributed by atoms with Crippen LogP contribution in [0.25, 0.3) is 0 Å². The zero-order chi connectivity index (χ0) is 11.7. The zero-order valence-corrected chi connectivity index (χ0v) is 10.5. The summed E-state index contributed by atoms with van der Waals surface area (Å²) in [5.41, 5.74) is 0. The smallest absolute Gasteiger partial charge is 0.306 e. The van der Waals surface area contributed by atoms with Crippen molar-refractivity contribution < 1.29 is 9.90 Å². The van der Waals surface area contributed by atoms with Crippen molar-refractivity contribution in [1.82, 2.24) is 0 Å². The molecular weight excluding hydrogens is 200 g/mol. The van der Waals surface area contributed by atoms with Gasteiger partial charge in [-0.25, -0.2) is 0 Å². The highest BCUT2D eigenvalue weighted by Crippen LogP contribution is 2.49. The van der Waals surface area contributed by atoms with Gasteiger partial charge in [0.25, 0.3) is 0 Å². The Labute approximate surface area is 98.4 Å². The zero-order valence-electron chi connectivity index (χ0n) is 10.5. The van der Waals surface area contributed by atoms with Crippen LogP contribution in [0.4, 0.5) is 0 Å². The minimum absolute atomic E-state index is 0.0741. The van der Waals surface area contributed by atoms with Crippen LogP contribution in [0.3, 0.4) is 0 Å². The molecule has 0 bridgehead atoms. The average Bonchev–Trinajstić information content (AvgIpc) is 2.52. The fourth-order valence-electron chi connectivity index (χ4n) is 3.47. The van der Waals surface area contributed by atoms with E-state index in [9.17, 15) is 4.79 Å². The van der Waals surface area contributed by atoms with Gasteiger partial charge in [-0.15, -0.1) is 0 Å². The first-order valence-electron chi connectivity index (χ1n) is 6.80. The molecule has 3 aliphatic rings. The van der Waals surface area contributed by atoms with E-state index in [4.69, 9.17) is 5.11 Å². The maximum absolute atomic E-state index is 10.6. The Kier molecular flexibility index (Phi) is 3.56. The number of rotatable bonds is 1. The van der Waals surface area contributed by atoms with Crippen LogP contribution >= 0.6 is 0 Å². The molecule has 3 fully saturated rings. The van der Waals surface area contributed by atoms with Crippen molar-refractivity contribution >= 4 is 5.97 Å². The predicted molar refractivity (Wildman–Crippen MR) is 64.1 cm³/mol. The Hall–Kier alpha value is -0.530. The first-order chi connectivity index (χ1) is 7.58. The van der Waals surface area contributed by atoms with Gasteiger partial charge in [-0.1, -0.05) is 13.8 Å². The lowest BCUT2D eigenvalue weighted by molar-refractivity contribution is -0.142. The van der Waals surface area contributed by atoms with Crippen molar-refractivity contribution in [3.8, 4) is 0 Å². The number of carboxylic acid groups (broad SMARTS) is 1. The number of carbonyl (C=O) groups is 1. The molecule has 0 aromatic carbocycles. The number of fused-ring (bicyclic) bond motifs is 1. The van der Waals surface area contributed by atoms with Crippen LogP contribution in [-0.2, 0) is 4.79 Å². The highest BCUT2D eigenvalue weighted by atomic mass is 16.4. The highest BCUT2D eigenvalue weighted by molar-refractivity contribution is 5.70. The summed E-state index contributed by atoms with van der Waals surface area (Å²) in [5.74, 6) is 2.73. The molecule has 0 saturated heterocycles. The Balaban J connectivity index is 0.000000134. The second-order valence-corrected chi connectivity index (χ2v) is 6.17. The van der Waals surface area contributed by atoms with Gasteiger partial charge in [0.1, 0.15) is 0 Å². The quantitative estimate of drug-likeness (QED) is 0.739. The van der Waals surface area contributed by atoms with Crippen molar-refractivity contribution in [2.24, 2.45) is 29.6 Å². The van der Waals surface area contributed by atoms with E-state index in [1.807, 2.05) is 6.92 Å². The van der Waals surface area contributed by atoms with Crippen molar-refractivity contribution in [3.05, 3.63) is 0 Å². The maximum Gasteiger partial charge on any atom is 0.306 e. The summed E-state index contributed by atoms with van der Waals surface area (Å²) in [6.07, 6.45) is 8.19. The number of aliphatic carboxylic acids is 1. The van der Waals surface area contributed by atoms with Gasteiger partial charge in [-0.3, -0.25) is 4.79 Å². The van der Waals surface area contributed by atoms with Crippen LogP contribution in [0, 0.1) is 29.6 Å². The van der Waals surface area contributed by atoms with Crippen LogP contribution in [0.15, 0.2) is 0 Å². The van der Waals surface area contributed by atoms with Gasteiger partial charge in [0.05, 0.1) is 5.92 Å². The number of hydrogen-bond donors (Lipinski definition) is 1. The lowest BCUT2D eigenvalue weighted by atomic mass is 9.60. The molecule has 0 amide bonds. The minimum atomic E-state index is -0.614. The molecule has 92 valence electrons. The Morgan fingerprint density at radius 3 is 1.62 bits per heavy atom. The van der Waals surface area contributed by atoms with Crippen LogP contribution < -0.4 is 0 Å². The number of hydrogen-bond acceptors (Lipinski definition) is 1. The monoisotopic (exact) mass is 224 g/mol. The molecule has 3 atom stereocenters. The molecule has 0 aliphatic heterocycles. The van der Waals surface area contributed by atoms with Gasteiger partial charge >= 0.3 is 5.97 Å². The molecule has 0 spiro atoms. The molecule has 1 N–H and O–H groups in total. The van der Waals surface area contributed by atoms with Crippen LogP contribution in [-0.4, -0.2) is 11.1 Å². The summed E-state index contributed by atoms with van der Waals surface area (Å²) >= 11 is 0. The van der Waals surface area contributed by atoms with Crippen LogP contribution in [0.2, 0.25) is 0 Å². The van der Waals surface area contributed by atoms with E-state index in [0.717, 1.165) is 12.8 Å². The van der Waals surface area contributed by atoms with Crippen molar-refractivity contribution in [1.29, 1.82) is 0 Å². The molecule has 3 unspecified atom stereocenters. The summed E-state index contributed by atoms with van der Waals surface area (Å²) in [4.78, 5) is 10.6. The van der Waals surface area contributed by atoms with Gasteiger partial charge in [0.2, 0.25) is 0 Å². The van der Waals surface area contributed by atoms with E-state index in [1.54, 1.807) is 25.7 Å². The Morgan fingerprint density at radius 2 is 1.50 bits per heavy atom. The van der Waals surface area contributed by atoms with Gasteiger partial charge in [-0.05, 0) is 62.2 Å². The fourth-order valence-corrected chi connectivity index (χ4v) is 3.47. The average molecular weight is 224 g/mol. The molecule has 0 radical (unpaired) electrons. The molecule has 3 aliphatic carbocycles. The van der Waals surface area contributed by atoms with E-state index in [2.05, 4.69) is 6.92 Å². The summed E-state index contributed by atoms with van der Waals surface area (Å²) < 4.78 is 0. The van der Waals surface area contributed by atoms with Gasteiger partial charge in [0, 0.05) is 0 Å². The molecule has 3 saturated carbocycles. The summed E-state index contributed by atoms with van der Waals surface area (Å²) in [6.45, 7) is 4.15. The molecule has 0 aromatic rings. The molecule has 0 heterocycles. The van der Waals surface area contributed by atoms with E-state index in [-0.39, 0.29) is 5.92 Å². The normalized spacial score (nSPS) is 44.5. The molecule has 0 aromatic heterocycles. The van der Waals surface area contributed by atoms with E-state index >= 15 is 0 Å². The molecule has 3 rings (SSSR count). The van der Waals surface area contributed by atoms with E-state index < -0.39 is 5.97 Å². The lowest BCUT2D eigenvalue weighted by Gasteiger charge is -2.46. The Morgan fingerprint density at radius 1 is 1.00 bits per heavy atom. The summed E-state index contributed by atoms with van der Waals surface area (Å²) in [6, 6.07) is 0. The van der Waals surface area contributed by atoms with Crippen molar-refractivity contribution in [2.75, 3.05) is 0 Å². The van der Waals surface area contributed by atoms with E-state index in [1.165, 1.54) is 11.8 Å². The molecule has 2 heteroatoms. The topological polar surface area (TPSA) is 37.3 Å². The maximum atomic E-state index is 10.6. The fraction of sp³-hybridized carbons (Fsp3) is 0.929. The molecular formula is C14H24O2. The van der Waals surface area contributed by atoms with Gasteiger partial charge < -0.3 is 5.11 Å². The lowest BCUT2D eigenvalue weighted by Crippen LogP contribution is -2.34. The second kappa shape index (κ2) is 4.77. The largest absolute Gasteiger partial charge is 0.481 e. The highest BCUT2D eigenvalue weighted by Gasteiger charge is 2.37. The third-order valence-corrected chi connectivity index (χ3v) is 4.92. The predicted octanol–water partition coefficient (Wildman–Crippen LogP) is 3.56.